The van der Waals surface area contributed by atoms with Crippen LogP contribution in [0.5, 0.6) is 0 Å². The number of hydrogen-bond donors (Lipinski definition) is 0. The number of rotatable bonds is 8. The minimum Gasteiger partial charge on any atom is -0.312 e. The van der Waals surface area contributed by atoms with Gasteiger partial charge in [0.2, 0.25) is 15.9 Å². The van der Waals surface area contributed by atoms with Gasteiger partial charge >= 0.3 is 0 Å². The quantitative estimate of drug-likeness (QED) is 0.708. The van der Waals surface area contributed by atoms with E-state index in [2.05, 4.69) is 13.8 Å². The van der Waals surface area contributed by atoms with Crippen molar-refractivity contribution in [1.82, 2.24) is 4.31 Å². The Morgan fingerprint density at radius 1 is 1.24 bits per heavy atom. The SMILES string of the molecule is CCCC(C)CC(=O)N1CCc2cc(S(=O)(=O)N(CC)CC)ccc21. The molecule has 25 heavy (non-hydrogen) atoms. The number of carbonyl (C=O) groups excluding carboxylic acids is 1. The first-order valence-electron chi connectivity index (χ1n) is 9.28. The lowest BCUT2D eigenvalue weighted by Crippen LogP contribution is -2.31. The Morgan fingerprint density at radius 3 is 2.52 bits per heavy atom. The maximum atomic E-state index is 12.7. The third-order valence-corrected chi connectivity index (χ3v) is 6.94. The van der Waals surface area contributed by atoms with Crippen LogP contribution in [0.1, 0.15) is 52.5 Å². The van der Waals surface area contributed by atoms with Crippen molar-refractivity contribution in [1.29, 1.82) is 0 Å². The molecule has 0 spiro atoms. The predicted octanol–water partition coefficient (Wildman–Crippen LogP) is 3.43. The van der Waals surface area contributed by atoms with Crippen molar-refractivity contribution in [2.45, 2.75) is 58.3 Å². The highest BCUT2D eigenvalue weighted by Gasteiger charge is 2.28. The van der Waals surface area contributed by atoms with Crippen LogP contribution in [0.3, 0.4) is 0 Å². The molecule has 1 amide bonds. The zero-order valence-corrected chi connectivity index (χ0v) is 16.6. The zero-order valence-electron chi connectivity index (χ0n) is 15.8. The van der Waals surface area contributed by atoms with Crippen molar-refractivity contribution in [3.63, 3.8) is 0 Å². The number of carbonyl (C=O) groups is 1. The van der Waals surface area contributed by atoms with Gasteiger partial charge in [0.15, 0.2) is 0 Å². The lowest BCUT2D eigenvalue weighted by Gasteiger charge is -2.21. The van der Waals surface area contributed by atoms with E-state index in [1.165, 1.54) is 4.31 Å². The normalized spacial score (nSPS) is 15.5. The molecule has 5 nitrogen and oxygen atoms in total. The number of fused-ring (bicyclic) bond motifs is 1. The van der Waals surface area contributed by atoms with E-state index in [1.54, 1.807) is 18.2 Å². The minimum absolute atomic E-state index is 0.138. The van der Waals surface area contributed by atoms with E-state index < -0.39 is 10.0 Å². The summed E-state index contributed by atoms with van der Waals surface area (Å²) >= 11 is 0. The molecule has 0 fully saturated rings. The highest BCUT2D eigenvalue weighted by atomic mass is 32.2. The van der Waals surface area contributed by atoms with Crippen LogP contribution >= 0.6 is 0 Å². The Bertz CT molecular complexity index is 711. The van der Waals surface area contributed by atoms with E-state index in [0.29, 0.717) is 43.3 Å². The molecule has 0 aliphatic carbocycles. The number of hydrogen-bond acceptors (Lipinski definition) is 3. The fraction of sp³-hybridized carbons (Fsp3) is 0.632. The number of amides is 1. The first kappa shape index (κ1) is 19.9. The molecule has 0 radical (unpaired) electrons. The van der Waals surface area contributed by atoms with E-state index in [9.17, 15) is 13.2 Å². The second kappa shape index (κ2) is 8.32. The summed E-state index contributed by atoms with van der Waals surface area (Å²) in [6, 6.07) is 5.17. The van der Waals surface area contributed by atoms with Gasteiger partial charge in [-0.2, -0.15) is 4.31 Å². The van der Waals surface area contributed by atoms with E-state index in [4.69, 9.17) is 0 Å². The molecule has 1 aromatic carbocycles. The Labute approximate surface area is 152 Å². The number of nitrogens with zero attached hydrogens (tertiary/aromatic N) is 2. The molecule has 0 N–H and O–H groups in total. The summed E-state index contributed by atoms with van der Waals surface area (Å²) in [4.78, 5) is 14.7. The Kier molecular flexibility index (Phi) is 6.63. The third kappa shape index (κ3) is 4.23. The predicted molar refractivity (Wildman–Crippen MR) is 101 cm³/mol. The van der Waals surface area contributed by atoms with Crippen LogP contribution in [0.2, 0.25) is 0 Å². The van der Waals surface area contributed by atoms with Crippen molar-refractivity contribution in [2.75, 3.05) is 24.5 Å². The average Bonchev–Trinajstić information content (AvgIpc) is 2.99. The van der Waals surface area contributed by atoms with Crippen LogP contribution in [-0.4, -0.2) is 38.3 Å². The van der Waals surface area contributed by atoms with Gasteiger partial charge in [-0.05, 0) is 36.1 Å². The van der Waals surface area contributed by atoms with Gasteiger partial charge in [0, 0.05) is 31.7 Å². The Balaban J connectivity index is 2.22. The second-order valence-electron chi connectivity index (χ2n) is 6.77. The summed E-state index contributed by atoms with van der Waals surface area (Å²) < 4.78 is 26.8. The summed E-state index contributed by atoms with van der Waals surface area (Å²) in [7, 11) is -3.46. The molecule has 140 valence electrons. The minimum atomic E-state index is -3.46. The van der Waals surface area contributed by atoms with Gasteiger partial charge in [-0.15, -0.1) is 0 Å². The highest BCUT2D eigenvalue weighted by Crippen LogP contribution is 2.32. The first-order chi connectivity index (χ1) is 11.8. The molecular weight excluding hydrogens is 336 g/mol. The molecule has 1 unspecified atom stereocenters. The summed E-state index contributed by atoms with van der Waals surface area (Å²) in [6.45, 7) is 9.47. The molecule has 0 bridgehead atoms. The highest BCUT2D eigenvalue weighted by molar-refractivity contribution is 7.89. The van der Waals surface area contributed by atoms with Crippen LogP contribution in [0.4, 0.5) is 5.69 Å². The monoisotopic (exact) mass is 366 g/mol. The van der Waals surface area contributed by atoms with E-state index in [1.807, 2.05) is 18.7 Å². The molecular formula is C19H30N2O3S. The maximum absolute atomic E-state index is 12.7. The maximum Gasteiger partial charge on any atom is 0.243 e. The molecule has 0 saturated carbocycles. The van der Waals surface area contributed by atoms with E-state index in [0.717, 1.165) is 24.1 Å². The summed E-state index contributed by atoms with van der Waals surface area (Å²) in [6.07, 6.45) is 3.39. The molecule has 1 heterocycles. The smallest absolute Gasteiger partial charge is 0.243 e. The second-order valence-corrected chi connectivity index (χ2v) is 8.71. The van der Waals surface area contributed by atoms with Gasteiger partial charge in [0.25, 0.3) is 0 Å². The zero-order chi connectivity index (χ0) is 18.6. The van der Waals surface area contributed by atoms with Gasteiger partial charge in [-0.25, -0.2) is 8.42 Å². The fourth-order valence-corrected chi connectivity index (χ4v) is 5.02. The van der Waals surface area contributed by atoms with Gasteiger partial charge in [0.1, 0.15) is 0 Å². The van der Waals surface area contributed by atoms with Gasteiger partial charge in [-0.1, -0.05) is 40.5 Å². The van der Waals surface area contributed by atoms with Crippen molar-refractivity contribution >= 4 is 21.6 Å². The Morgan fingerprint density at radius 2 is 1.92 bits per heavy atom. The molecule has 1 aromatic rings. The molecule has 1 aliphatic heterocycles. The molecule has 6 heteroatoms. The molecule has 0 aromatic heterocycles. The molecule has 2 rings (SSSR count). The van der Waals surface area contributed by atoms with Crippen LogP contribution in [-0.2, 0) is 21.2 Å². The van der Waals surface area contributed by atoms with Crippen LogP contribution in [0.15, 0.2) is 23.1 Å². The Hall–Kier alpha value is -1.40. The topological polar surface area (TPSA) is 57.7 Å². The fourth-order valence-electron chi connectivity index (χ4n) is 3.51. The third-order valence-electron chi connectivity index (χ3n) is 4.90. The van der Waals surface area contributed by atoms with Gasteiger partial charge in [-0.3, -0.25) is 4.79 Å². The average molecular weight is 367 g/mol. The summed E-state index contributed by atoms with van der Waals surface area (Å²) in [5, 5.41) is 0. The molecule has 1 aliphatic rings. The van der Waals surface area contributed by atoms with Crippen LogP contribution in [0, 0.1) is 5.92 Å². The lowest BCUT2D eigenvalue weighted by atomic mass is 10.0. The number of anilines is 1. The van der Waals surface area contributed by atoms with Crippen molar-refractivity contribution in [2.24, 2.45) is 5.92 Å². The van der Waals surface area contributed by atoms with Gasteiger partial charge < -0.3 is 4.90 Å². The number of benzene rings is 1. The van der Waals surface area contributed by atoms with Crippen LogP contribution in [0.25, 0.3) is 0 Å². The summed E-state index contributed by atoms with van der Waals surface area (Å²) in [5.74, 6) is 0.517. The largest absolute Gasteiger partial charge is 0.312 e. The molecule has 0 saturated heterocycles. The van der Waals surface area contributed by atoms with Crippen molar-refractivity contribution < 1.29 is 13.2 Å². The van der Waals surface area contributed by atoms with E-state index >= 15 is 0 Å². The van der Waals surface area contributed by atoms with E-state index in [-0.39, 0.29) is 5.91 Å². The van der Waals surface area contributed by atoms with Crippen molar-refractivity contribution in [3.05, 3.63) is 23.8 Å². The lowest BCUT2D eigenvalue weighted by molar-refractivity contribution is -0.119. The first-order valence-corrected chi connectivity index (χ1v) is 10.7. The number of sulfonamides is 1. The summed E-state index contributed by atoms with van der Waals surface area (Å²) in [5.41, 5.74) is 1.82. The molecule has 1 atom stereocenters. The van der Waals surface area contributed by atoms with Crippen molar-refractivity contribution in [3.8, 4) is 0 Å². The standard InChI is InChI=1S/C19H30N2O3S/c1-5-8-15(4)13-19(22)21-12-11-16-14-17(9-10-18(16)21)25(23,24)20(6-2)7-3/h9-10,14-15H,5-8,11-13H2,1-4H3. The van der Waals surface area contributed by atoms with Gasteiger partial charge in [0.05, 0.1) is 4.90 Å². The van der Waals surface area contributed by atoms with Crippen LogP contribution < -0.4 is 4.90 Å².